The molecule has 6 heteroatoms. The van der Waals surface area contributed by atoms with E-state index in [0.29, 0.717) is 0 Å². The number of rotatable bonds is 5. The van der Waals surface area contributed by atoms with Crippen LogP contribution in [0.25, 0.3) is 32.9 Å². The molecule has 8 aromatic carbocycles. The molecule has 0 unspecified atom stereocenters. The standard InChI is InChI=1S/C72H72BN3O2/c1-43-20-18-22-47(36-43)74(57-25-16-14-21-44(57)2)48-37-60-64-61(38-48)76(58-26-19-24-50-49-23-15-17-27-62(49)77-66(50)58)59-41-54-53(70(8,9)33-34-71(54,10)11)40-56(59)73(64)67-65(75(60)46-30-28-45(29-31-46)68(3,4)5)51-39-52-55(42-63(51)78-67)72(12,13)35-32-69(52,6)7/h14-31,36-42H,32-35H2,1-13H3. The van der Waals surface area contributed by atoms with Crippen molar-refractivity contribution < 1.29 is 8.83 Å². The van der Waals surface area contributed by atoms with Gasteiger partial charge in [-0.05, 0) is 189 Å². The Balaban J connectivity index is 1.18. The number of furan rings is 2. The smallest absolute Gasteiger partial charge is 0.297 e. The van der Waals surface area contributed by atoms with Gasteiger partial charge in [0.05, 0.1) is 22.7 Å². The van der Waals surface area contributed by atoms with Crippen LogP contribution in [0.3, 0.4) is 0 Å². The molecule has 0 radical (unpaired) electrons. The summed E-state index contributed by atoms with van der Waals surface area (Å²) in [5, 5.41) is 3.38. The number of aryl methyl sites for hydroxylation is 2. The van der Waals surface area contributed by atoms with E-state index in [1.165, 1.54) is 55.6 Å². The molecule has 4 heterocycles. The predicted molar refractivity (Wildman–Crippen MR) is 331 cm³/mol. The van der Waals surface area contributed by atoms with Crippen molar-refractivity contribution in [1.29, 1.82) is 0 Å². The highest BCUT2D eigenvalue weighted by Gasteiger charge is 2.50. The number of fused-ring (bicyclic) bond motifs is 11. The predicted octanol–water partition coefficient (Wildman–Crippen LogP) is 18.5. The van der Waals surface area contributed by atoms with Crippen molar-refractivity contribution >= 4 is 107 Å². The molecule has 78 heavy (non-hydrogen) atoms. The maximum absolute atomic E-state index is 7.80. The molecule has 390 valence electrons. The van der Waals surface area contributed by atoms with Crippen LogP contribution in [0.15, 0.2) is 160 Å². The second kappa shape index (κ2) is 16.6. The van der Waals surface area contributed by atoms with E-state index in [4.69, 9.17) is 8.83 Å². The molecule has 2 aromatic heterocycles. The van der Waals surface area contributed by atoms with Gasteiger partial charge in [0, 0.05) is 50.3 Å². The number of hydrogen-bond acceptors (Lipinski definition) is 5. The number of anilines is 9. The van der Waals surface area contributed by atoms with Crippen LogP contribution in [-0.2, 0) is 27.1 Å². The van der Waals surface area contributed by atoms with E-state index in [9.17, 15) is 0 Å². The zero-order valence-corrected chi connectivity index (χ0v) is 48.0. The first-order chi connectivity index (χ1) is 37.1. The van der Waals surface area contributed by atoms with Gasteiger partial charge in [0.15, 0.2) is 5.58 Å². The minimum atomic E-state index is -0.243. The Bertz CT molecular complexity index is 4140. The van der Waals surface area contributed by atoms with Crippen LogP contribution in [0.4, 0.5) is 51.2 Å². The van der Waals surface area contributed by atoms with Crippen LogP contribution in [0.2, 0.25) is 0 Å². The van der Waals surface area contributed by atoms with Crippen molar-refractivity contribution in [3.05, 3.63) is 191 Å². The summed E-state index contributed by atoms with van der Waals surface area (Å²) >= 11 is 0. The molecule has 2 aliphatic carbocycles. The lowest BCUT2D eigenvalue weighted by atomic mass is 9.35. The number of hydrogen-bond donors (Lipinski definition) is 0. The molecular formula is C72H72BN3O2. The Kier molecular flexibility index (Phi) is 10.4. The Morgan fingerprint density at radius 2 is 1.09 bits per heavy atom. The summed E-state index contributed by atoms with van der Waals surface area (Å²) in [5.41, 5.74) is 25.4. The van der Waals surface area contributed by atoms with Gasteiger partial charge >= 0.3 is 0 Å². The largest absolute Gasteiger partial charge is 0.468 e. The summed E-state index contributed by atoms with van der Waals surface area (Å²) in [5.74, 6) is 0. The van der Waals surface area contributed by atoms with E-state index in [1.54, 1.807) is 0 Å². The van der Waals surface area contributed by atoms with E-state index in [1.807, 2.05) is 0 Å². The fourth-order valence-electron chi connectivity index (χ4n) is 14.3. The van der Waals surface area contributed by atoms with Gasteiger partial charge in [-0.25, -0.2) is 0 Å². The first-order valence-corrected chi connectivity index (χ1v) is 28.6. The summed E-state index contributed by atoms with van der Waals surface area (Å²) in [6, 6.07) is 57.7. The third-order valence-corrected chi connectivity index (χ3v) is 19.1. The molecule has 0 saturated heterocycles. The molecule has 14 rings (SSSR count). The fraction of sp³-hybridized carbons (Fsp3) is 0.306. The number of nitrogens with zero attached hydrogens (tertiary/aromatic N) is 3. The number of para-hydroxylation sites is 3. The lowest BCUT2D eigenvalue weighted by Crippen LogP contribution is -2.61. The average molecular weight is 1020 g/mol. The van der Waals surface area contributed by atoms with E-state index in [-0.39, 0.29) is 33.8 Å². The van der Waals surface area contributed by atoms with Crippen LogP contribution in [0, 0.1) is 13.8 Å². The molecule has 0 saturated carbocycles. The van der Waals surface area contributed by atoms with E-state index in [2.05, 4.69) is 256 Å². The Hall–Kier alpha value is -7.44. The van der Waals surface area contributed by atoms with Gasteiger partial charge in [-0.2, -0.15) is 0 Å². The van der Waals surface area contributed by atoms with Crippen molar-refractivity contribution in [1.82, 2.24) is 0 Å². The second-order valence-corrected chi connectivity index (χ2v) is 27.2. The minimum Gasteiger partial charge on any atom is -0.468 e. The molecule has 0 atom stereocenters. The zero-order valence-electron chi connectivity index (χ0n) is 48.0. The first-order valence-electron chi connectivity index (χ1n) is 28.6. The highest BCUT2D eigenvalue weighted by molar-refractivity contribution is 7.00. The first kappa shape index (κ1) is 48.9. The van der Waals surface area contributed by atoms with Gasteiger partial charge in [0.1, 0.15) is 11.2 Å². The third-order valence-electron chi connectivity index (χ3n) is 19.1. The SMILES string of the molecule is Cc1cccc(N(c2cc3c4c(c2)N(c2cccc5c2oc2ccccc25)c2cc5c(cc2B4c2oc4cc6c(cc4c2N3c2ccc(C(C)(C)C)cc2)C(C)(C)CCC6(C)C)C(C)(C)CCC5(C)C)c2ccccc2C)c1. The highest BCUT2D eigenvalue weighted by Crippen LogP contribution is 2.56. The van der Waals surface area contributed by atoms with Crippen molar-refractivity contribution in [3.8, 4) is 0 Å². The molecule has 0 N–H and O–H groups in total. The third kappa shape index (κ3) is 7.20. The van der Waals surface area contributed by atoms with E-state index >= 15 is 0 Å². The Morgan fingerprint density at radius 1 is 0.487 bits per heavy atom. The van der Waals surface area contributed by atoms with Crippen LogP contribution in [0.1, 0.15) is 141 Å². The van der Waals surface area contributed by atoms with Crippen molar-refractivity contribution in [2.45, 2.75) is 143 Å². The van der Waals surface area contributed by atoms with E-state index < -0.39 is 0 Å². The van der Waals surface area contributed by atoms with Gasteiger partial charge in [-0.15, -0.1) is 0 Å². The summed E-state index contributed by atoms with van der Waals surface area (Å²) in [6.07, 6.45) is 4.47. The van der Waals surface area contributed by atoms with Crippen LogP contribution < -0.4 is 31.3 Å². The Labute approximate surface area is 462 Å². The molecule has 5 nitrogen and oxygen atoms in total. The second-order valence-electron chi connectivity index (χ2n) is 27.2. The van der Waals surface area contributed by atoms with Crippen LogP contribution in [-0.4, -0.2) is 6.71 Å². The lowest BCUT2D eigenvalue weighted by molar-refractivity contribution is 0.332. The van der Waals surface area contributed by atoms with Gasteiger partial charge in [0.2, 0.25) is 0 Å². The van der Waals surface area contributed by atoms with Crippen molar-refractivity contribution in [3.63, 3.8) is 0 Å². The van der Waals surface area contributed by atoms with E-state index in [0.717, 1.165) is 110 Å². The summed E-state index contributed by atoms with van der Waals surface area (Å²) in [6.45, 7) is 30.7. The normalized spacial score (nSPS) is 17.4. The van der Waals surface area contributed by atoms with Crippen molar-refractivity contribution in [2.75, 3.05) is 14.7 Å². The topological polar surface area (TPSA) is 36.0 Å². The molecule has 4 aliphatic rings. The molecule has 0 fully saturated rings. The molecule has 0 amide bonds. The maximum atomic E-state index is 7.80. The monoisotopic (exact) mass is 1020 g/mol. The summed E-state index contributed by atoms with van der Waals surface area (Å²) < 4.78 is 14.9. The molecule has 2 aliphatic heterocycles. The zero-order chi connectivity index (χ0) is 54.2. The molecule has 10 aromatic rings. The maximum Gasteiger partial charge on any atom is 0.297 e. The average Bonchev–Trinajstić information content (AvgIpc) is 3.31. The Morgan fingerprint density at radius 3 is 1.77 bits per heavy atom. The van der Waals surface area contributed by atoms with Crippen LogP contribution >= 0.6 is 0 Å². The summed E-state index contributed by atoms with van der Waals surface area (Å²) in [4.78, 5) is 7.66. The summed E-state index contributed by atoms with van der Waals surface area (Å²) in [7, 11) is 0. The van der Waals surface area contributed by atoms with Gasteiger partial charge < -0.3 is 23.5 Å². The lowest BCUT2D eigenvalue weighted by Gasteiger charge is -2.47. The van der Waals surface area contributed by atoms with Crippen LogP contribution in [0.5, 0.6) is 0 Å². The van der Waals surface area contributed by atoms with Gasteiger partial charge in [0.25, 0.3) is 6.71 Å². The van der Waals surface area contributed by atoms with Gasteiger partial charge in [-0.3, -0.25) is 0 Å². The molecule has 0 bridgehead atoms. The fourth-order valence-corrected chi connectivity index (χ4v) is 14.3. The van der Waals surface area contributed by atoms with Crippen molar-refractivity contribution in [2.24, 2.45) is 0 Å². The number of benzene rings is 8. The molecule has 0 spiro atoms. The highest BCUT2D eigenvalue weighted by atomic mass is 16.3. The minimum absolute atomic E-state index is 0.00172. The quantitative estimate of drug-likeness (QED) is 0.161. The van der Waals surface area contributed by atoms with Gasteiger partial charge in [-0.1, -0.05) is 155 Å². The molecular weight excluding hydrogens is 950 g/mol.